The third-order valence-electron chi connectivity index (χ3n) is 4.93. The lowest BCUT2D eigenvalue weighted by molar-refractivity contribution is 0.584. The fraction of sp³-hybridized carbons (Fsp3) is 0.238. The number of rotatable bonds is 5. The van der Waals surface area contributed by atoms with Crippen LogP contribution < -0.4 is 15.5 Å². The molecule has 3 aromatic heterocycles. The molecule has 1 saturated heterocycles. The number of aryl methyl sites for hydroxylation is 1. The van der Waals surface area contributed by atoms with Gasteiger partial charge in [0.25, 0.3) is 0 Å². The molecule has 1 fully saturated rings. The molecule has 4 heterocycles. The van der Waals surface area contributed by atoms with Crippen LogP contribution in [0.2, 0.25) is 0 Å². The van der Waals surface area contributed by atoms with Crippen molar-refractivity contribution in [3.8, 4) is 0 Å². The van der Waals surface area contributed by atoms with Gasteiger partial charge in [-0.1, -0.05) is 23.5 Å². The number of nitrogens with one attached hydrogen (secondary N) is 3. The maximum atomic E-state index is 4.60. The van der Waals surface area contributed by atoms with Gasteiger partial charge in [-0.15, -0.1) is 0 Å². The van der Waals surface area contributed by atoms with Gasteiger partial charge in [0.2, 0.25) is 0 Å². The molecular formula is C21H22N8S. The smallest absolute Gasteiger partial charge is 0.188 e. The molecule has 0 amide bonds. The molecule has 152 valence electrons. The first-order chi connectivity index (χ1) is 14.7. The Balaban J connectivity index is 1.30. The number of anilines is 3. The molecule has 1 aromatic carbocycles. The van der Waals surface area contributed by atoms with Crippen LogP contribution in [0.25, 0.3) is 23.1 Å². The SMILES string of the molecule is Cc1nc(Nc2ncc(/C=C/c3ccc4[nH]ncc4c3)s2)cc(N2CCNCC2)n1. The van der Waals surface area contributed by atoms with Crippen molar-refractivity contribution in [2.45, 2.75) is 6.92 Å². The number of thiazole rings is 1. The van der Waals surface area contributed by atoms with Gasteiger partial charge < -0.3 is 15.5 Å². The highest BCUT2D eigenvalue weighted by atomic mass is 32.1. The summed E-state index contributed by atoms with van der Waals surface area (Å²) < 4.78 is 0. The highest BCUT2D eigenvalue weighted by Crippen LogP contribution is 2.25. The topological polar surface area (TPSA) is 94.7 Å². The predicted molar refractivity (Wildman–Crippen MR) is 122 cm³/mol. The molecule has 0 saturated carbocycles. The van der Waals surface area contributed by atoms with Crippen LogP contribution in [-0.2, 0) is 0 Å². The summed E-state index contributed by atoms with van der Waals surface area (Å²) >= 11 is 1.59. The summed E-state index contributed by atoms with van der Waals surface area (Å²) in [4.78, 5) is 17.0. The van der Waals surface area contributed by atoms with E-state index in [9.17, 15) is 0 Å². The van der Waals surface area contributed by atoms with Crippen molar-refractivity contribution < 1.29 is 0 Å². The van der Waals surface area contributed by atoms with Crippen molar-refractivity contribution in [1.82, 2.24) is 30.5 Å². The van der Waals surface area contributed by atoms with E-state index in [1.165, 1.54) is 0 Å². The van der Waals surface area contributed by atoms with Crippen LogP contribution in [0.5, 0.6) is 0 Å². The highest BCUT2D eigenvalue weighted by Gasteiger charge is 2.14. The minimum absolute atomic E-state index is 0.750. The molecule has 1 aliphatic rings. The molecule has 4 aromatic rings. The third-order valence-corrected chi connectivity index (χ3v) is 5.81. The molecular weight excluding hydrogens is 396 g/mol. The Morgan fingerprint density at radius 3 is 2.90 bits per heavy atom. The van der Waals surface area contributed by atoms with E-state index in [1.54, 1.807) is 11.3 Å². The van der Waals surface area contributed by atoms with Crippen LogP contribution in [0, 0.1) is 6.92 Å². The van der Waals surface area contributed by atoms with Crippen molar-refractivity contribution in [3.05, 3.63) is 52.9 Å². The zero-order valence-electron chi connectivity index (χ0n) is 16.6. The van der Waals surface area contributed by atoms with E-state index in [2.05, 4.69) is 65.0 Å². The van der Waals surface area contributed by atoms with Gasteiger partial charge in [-0.05, 0) is 30.7 Å². The second-order valence-electron chi connectivity index (χ2n) is 7.14. The first-order valence-electron chi connectivity index (χ1n) is 9.88. The molecule has 3 N–H and O–H groups in total. The van der Waals surface area contributed by atoms with Crippen LogP contribution in [0.3, 0.4) is 0 Å². The maximum absolute atomic E-state index is 4.60. The number of piperazine rings is 1. The molecule has 9 heteroatoms. The van der Waals surface area contributed by atoms with E-state index in [0.29, 0.717) is 0 Å². The second kappa shape index (κ2) is 8.21. The van der Waals surface area contributed by atoms with Gasteiger partial charge in [0.05, 0.1) is 11.7 Å². The fourth-order valence-corrected chi connectivity index (χ4v) is 4.17. The number of nitrogens with zero attached hydrogens (tertiary/aromatic N) is 5. The number of aromatic amines is 1. The number of hydrogen-bond donors (Lipinski definition) is 3. The van der Waals surface area contributed by atoms with E-state index in [1.807, 2.05) is 31.5 Å². The quantitative estimate of drug-likeness (QED) is 0.457. The van der Waals surface area contributed by atoms with Crippen LogP contribution in [0.4, 0.5) is 16.8 Å². The lowest BCUT2D eigenvalue weighted by atomic mass is 10.1. The number of fused-ring (bicyclic) bond motifs is 1. The zero-order valence-corrected chi connectivity index (χ0v) is 17.4. The van der Waals surface area contributed by atoms with E-state index >= 15 is 0 Å². The second-order valence-corrected chi connectivity index (χ2v) is 8.20. The molecule has 0 spiro atoms. The molecule has 0 bridgehead atoms. The summed E-state index contributed by atoms with van der Waals surface area (Å²) in [5.41, 5.74) is 2.16. The minimum Gasteiger partial charge on any atom is -0.354 e. The van der Waals surface area contributed by atoms with Gasteiger partial charge in [-0.3, -0.25) is 5.10 Å². The normalized spacial score (nSPS) is 14.6. The summed E-state index contributed by atoms with van der Waals surface area (Å²) in [6.45, 7) is 5.77. The van der Waals surface area contributed by atoms with Crippen molar-refractivity contribution in [1.29, 1.82) is 0 Å². The highest BCUT2D eigenvalue weighted by molar-refractivity contribution is 7.16. The number of benzene rings is 1. The Bertz CT molecular complexity index is 1190. The lowest BCUT2D eigenvalue weighted by Crippen LogP contribution is -2.44. The summed E-state index contributed by atoms with van der Waals surface area (Å²) in [5.74, 6) is 2.48. The standard InChI is InChI=1S/C21H22N8S/c1-14-25-19(11-20(26-14)29-8-6-22-7-9-29)27-21-23-13-17(30-21)4-2-15-3-5-18-16(10-15)12-24-28-18/h2-5,10-13,22H,6-9H2,1H3,(H,24,28)(H,23,25,26,27)/b4-2+. The summed E-state index contributed by atoms with van der Waals surface area (Å²) in [6.07, 6.45) is 7.85. The average Bonchev–Trinajstić information content (AvgIpc) is 3.41. The molecule has 8 nitrogen and oxygen atoms in total. The Morgan fingerprint density at radius 2 is 2.00 bits per heavy atom. The number of aromatic nitrogens is 5. The van der Waals surface area contributed by atoms with Crippen molar-refractivity contribution in [3.63, 3.8) is 0 Å². The summed E-state index contributed by atoms with van der Waals surface area (Å²) in [6, 6.07) is 8.21. The molecule has 0 radical (unpaired) electrons. The molecule has 0 atom stereocenters. The van der Waals surface area contributed by atoms with E-state index in [-0.39, 0.29) is 0 Å². The summed E-state index contributed by atoms with van der Waals surface area (Å²) in [5, 5.41) is 15.6. The number of H-pyrrole nitrogens is 1. The molecule has 30 heavy (non-hydrogen) atoms. The summed E-state index contributed by atoms with van der Waals surface area (Å²) in [7, 11) is 0. The fourth-order valence-electron chi connectivity index (χ4n) is 3.45. The Kier molecular flexibility index (Phi) is 5.12. The van der Waals surface area contributed by atoms with Crippen LogP contribution in [-0.4, -0.2) is 51.3 Å². The first-order valence-corrected chi connectivity index (χ1v) is 10.7. The lowest BCUT2D eigenvalue weighted by Gasteiger charge is -2.28. The van der Waals surface area contributed by atoms with Crippen LogP contribution in [0.15, 0.2) is 36.7 Å². The monoisotopic (exact) mass is 418 g/mol. The average molecular weight is 419 g/mol. The molecule has 0 aliphatic carbocycles. The van der Waals surface area contributed by atoms with Gasteiger partial charge in [0.1, 0.15) is 17.5 Å². The maximum Gasteiger partial charge on any atom is 0.188 e. The van der Waals surface area contributed by atoms with E-state index < -0.39 is 0 Å². The number of hydrogen-bond acceptors (Lipinski definition) is 8. The Labute approximate surface area is 178 Å². The zero-order chi connectivity index (χ0) is 20.3. The first kappa shape index (κ1) is 18.7. The van der Waals surface area contributed by atoms with Gasteiger partial charge in [-0.2, -0.15) is 5.10 Å². The van der Waals surface area contributed by atoms with E-state index in [0.717, 1.165) is 70.1 Å². The Morgan fingerprint density at radius 1 is 1.10 bits per heavy atom. The van der Waals surface area contributed by atoms with Crippen LogP contribution >= 0.6 is 11.3 Å². The molecule has 5 rings (SSSR count). The van der Waals surface area contributed by atoms with Crippen LogP contribution in [0.1, 0.15) is 16.3 Å². The third kappa shape index (κ3) is 4.17. The molecule has 1 aliphatic heterocycles. The van der Waals surface area contributed by atoms with Gasteiger partial charge in [0.15, 0.2) is 5.13 Å². The molecule has 0 unspecified atom stereocenters. The largest absolute Gasteiger partial charge is 0.354 e. The van der Waals surface area contributed by atoms with Gasteiger partial charge >= 0.3 is 0 Å². The minimum atomic E-state index is 0.750. The van der Waals surface area contributed by atoms with Crippen molar-refractivity contribution in [2.75, 3.05) is 36.4 Å². The van der Waals surface area contributed by atoms with Gasteiger partial charge in [0, 0.05) is 48.7 Å². The Hall–Kier alpha value is -3.30. The predicted octanol–water partition coefficient (Wildman–Crippen LogP) is 3.44. The van der Waals surface area contributed by atoms with E-state index in [4.69, 9.17) is 0 Å². The van der Waals surface area contributed by atoms with Gasteiger partial charge in [-0.25, -0.2) is 15.0 Å². The van der Waals surface area contributed by atoms with Crippen molar-refractivity contribution >= 4 is 51.2 Å². The van der Waals surface area contributed by atoms with Crippen molar-refractivity contribution in [2.24, 2.45) is 0 Å².